The number of nitrogens with one attached hydrogen (secondary N) is 1. The highest BCUT2D eigenvalue weighted by Gasteiger charge is 2.17. The molecule has 4 aromatic rings. The molecule has 0 saturated carbocycles. The van der Waals surface area contributed by atoms with Gasteiger partial charge in [-0.25, -0.2) is 10.1 Å². The van der Waals surface area contributed by atoms with Crippen LogP contribution in [0.15, 0.2) is 89.5 Å². The van der Waals surface area contributed by atoms with Crippen LogP contribution in [0.25, 0.3) is 16.3 Å². The fourth-order valence-corrected chi connectivity index (χ4v) is 4.89. The molecule has 8 heteroatoms. The largest absolute Gasteiger partial charge is 0.369 e. The maximum atomic E-state index is 12.4. The number of hydrazone groups is 1. The second-order valence-corrected chi connectivity index (χ2v) is 9.35. The number of carbonyl (C=O) groups is 1. The number of hydrogen-bond acceptors (Lipinski definition) is 6. The zero-order valence-corrected chi connectivity index (χ0v) is 20.3. The van der Waals surface area contributed by atoms with Crippen molar-refractivity contribution in [1.29, 1.82) is 0 Å². The quantitative estimate of drug-likeness (QED) is 0.300. The Morgan fingerprint density at radius 1 is 0.943 bits per heavy atom. The minimum Gasteiger partial charge on any atom is -0.369 e. The first-order chi connectivity index (χ1) is 17.3. The van der Waals surface area contributed by atoms with Crippen LogP contribution >= 0.6 is 11.3 Å². The van der Waals surface area contributed by atoms with E-state index in [4.69, 9.17) is 5.10 Å². The van der Waals surface area contributed by atoms with Crippen LogP contribution in [0.4, 0.5) is 5.69 Å². The molecule has 1 amide bonds. The number of nitrogens with zero attached hydrogens (tertiary/aromatic N) is 5. The van der Waals surface area contributed by atoms with Gasteiger partial charge in [0.15, 0.2) is 0 Å². The number of carbonyl (C=O) groups excluding carboxylic acids is 1. The van der Waals surface area contributed by atoms with E-state index in [2.05, 4.69) is 44.6 Å². The summed E-state index contributed by atoms with van der Waals surface area (Å²) in [6.07, 6.45) is 4.04. The predicted octanol–water partition coefficient (Wildman–Crippen LogP) is 4.26. The molecule has 0 atom stereocenters. The van der Waals surface area contributed by atoms with Gasteiger partial charge in [-0.05, 0) is 35.7 Å². The summed E-state index contributed by atoms with van der Waals surface area (Å²) >= 11 is 1.63. The molecule has 0 spiro atoms. The minimum absolute atomic E-state index is 0.0835. The standard InChI is InChI=1S/C27H28N6OS/c34-26(13-14-31-15-17-32(18-16-31)23-8-3-1-4-9-23)29-28-20-22-21-33(24-10-5-2-6-11-24)30-27(22)25-12-7-19-35-25/h1-12,19-21H,13-18H2,(H,29,34)/b28-20-. The van der Waals surface area contributed by atoms with Crippen LogP contribution in [0.2, 0.25) is 0 Å². The first kappa shape index (κ1) is 23.0. The normalized spacial score (nSPS) is 14.5. The SMILES string of the molecule is O=C(CCN1CCN(c2ccccc2)CC1)N/N=C\c1cn(-c2ccccc2)nc1-c1cccs1. The summed E-state index contributed by atoms with van der Waals surface area (Å²) in [5.41, 5.74) is 6.62. The van der Waals surface area contributed by atoms with Crippen LogP contribution in [-0.4, -0.2) is 59.5 Å². The van der Waals surface area contributed by atoms with Gasteiger partial charge in [-0.3, -0.25) is 9.69 Å². The van der Waals surface area contributed by atoms with Crippen LogP contribution in [0.1, 0.15) is 12.0 Å². The van der Waals surface area contributed by atoms with Gasteiger partial charge in [0, 0.05) is 56.6 Å². The monoisotopic (exact) mass is 484 g/mol. The van der Waals surface area contributed by atoms with E-state index < -0.39 is 0 Å². The van der Waals surface area contributed by atoms with Gasteiger partial charge in [0.25, 0.3) is 0 Å². The predicted molar refractivity (Wildman–Crippen MR) is 142 cm³/mol. The highest BCUT2D eigenvalue weighted by Crippen LogP contribution is 2.26. The molecule has 2 aromatic heterocycles. The molecule has 178 valence electrons. The molecule has 1 aliphatic rings. The highest BCUT2D eigenvalue weighted by atomic mass is 32.1. The topological polar surface area (TPSA) is 65.8 Å². The zero-order chi connectivity index (χ0) is 23.9. The lowest BCUT2D eigenvalue weighted by molar-refractivity contribution is -0.121. The molecule has 1 N–H and O–H groups in total. The molecule has 7 nitrogen and oxygen atoms in total. The smallest absolute Gasteiger partial charge is 0.241 e. The molecular formula is C27H28N6OS. The van der Waals surface area contributed by atoms with Gasteiger partial charge < -0.3 is 4.90 Å². The summed E-state index contributed by atoms with van der Waals surface area (Å²) in [4.78, 5) is 18.2. The van der Waals surface area contributed by atoms with Gasteiger partial charge in [-0.15, -0.1) is 11.3 Å². The average Bonchev–Trinajstić information content (AvgIpc) is 3.59. The van der Waals surface area contributed by atoms with Gasteiger partial charge in [0.2, 0.25) is 5.91 Å². The second kappa shape index (κ2) is 11.1. The highest BCUT2D eigenvalue weighted by molar-refractivity contribution is 7.13. The van der Waals surface area contributed by atoms with Crippen LogP contribution in [-0.2, 0) is 4.79 Å². The average molecular weight is 485 g/mol. The van der Waals surface area contributed by atoms with Gasteiger partial charge in [0.1, 0.15) is 5.69 Å². The number of thiophene rings is 1. The molecular weight excluding hydrogens is 456 g/mol. The van der Waals surface area contributed by atoms with E-state index in [1.54, 1.807) is 17.6 Å². The van der Waals surface area contributed by atoms with E-state index in [9.17, 15) is 4.79 Å². The second-order valence-electron chi connectivity index (χ2n) is 8.40. The van der Waals surface area contributed by atoms with E-state index in [0.29, 0.717) is 6.42 Å². The Balaban J connectivity index is 1.15. The van der Waals surface area contributed by atoms with Gasteiger partial charge in [0.05, 0.1) is 16.8 Å². The molecule has 1 saturated heterocycles. The third kappa shape index (κ3) is 5.85. The number of piperazine rings is 1. The molecule has 35 heavy (non-hydrogen) atoms. The van der Waals surface area contributed by atoms with Crippen LogP contribution in [0, 0.1) is 0 Å². The fourth-order valence-electron chi connectivity index (χ4n) is 4.16. The fraction of sp³-hybridized carbons (Fsp3) is 0.222. The number of aromatic nitrogens is 2. The molecule has 3 heterocycles. The van der Waals surface area contributed by atoms with Crippen molar-refractivity contribution in [3.05, 3.63) is 89.9 Å². The minimum atomic E-state index is -0.0835. The lowest BCUT2D eigenvalue weighted by Crippen LogP contribution is -2.47. The molecule has 0 unspecified atom stereocenters. The van der Waals surface area contributed by atoms with Crippen molar-refractivity contribution < 1.29 is 4.79 Å². The van der Waals surface area contributed by atoms with Crippen molar-refractivity contribution >= 4 is 29.1 Å². The lowest BCUT2D eigenvalue weighted by Gasteiger charge is -2.36. The summed E-state index contributed by atoms with van der Waals surface area (Å²) in [5.74, 6) is -0.0835. The molecule has 0 bridgehead atoms. The molecule has 1 fully saturated rings. The summed E-state index contributed by atoms with van der Waals surface area (Å²) < 4.78 is 1.84. The summed E-state index contributed by atoms with van der Waals surface area (Å²) in [5, 5.41) is 11.0. The maximum Gasteiger partial charge on any atom is 0.241 e. The zero-order valence-electron chi connectivity index (χ0n) is 19.5. The van der Waals surface area contributed by atoms with E-state index in [0.717, 1.165) is 54.5 Å². The Hall–Kier alpha value is -3.75. The Morgan fingerprint density at radius 3 is 2.34 bits per heavy atom. The Morgan fingerprint density at radius 2 is 1.66 bits per heavy atom. The molecule has 0 aliphatic carbocycles. The van der Waals surface area contributed by atoms with Crippen LogP contribution < -0.4 is 10.3 Å². The van der Waals surface area contributed by atoms with E-state index in [-0.39, 0.29) is 5.91 Å². The van der Waals surface area contributed by atoms with Crippen LogP contribution in [0.5, 0.6) is 0 Å². The summed E-state index contributed by atoms with van der Waals surface area (Å²) in [7, 11) is 0. The molecule has 2 aromatic carbocycles. The van der Waals surface area contributed by atoms with Gasteiger partial charge in [-0.1, -0.05) is 42.5 Å². The van der Waals surface area contributed by atoms with Gasteiger partial charge in [-0.2, -0.15) is 10.2 Å². The van der Waals surface area contributed by atoms with Crippen LogP contribution in [0.3, 0.4) is 0 Å². The number of anilines is 1. The number of para-hydroxylation sites is 2. The first-order valence-electron chi connectivity index (χ1n) is 11.8. The number of amides is 1. The Kier molecular flexibility index (Phi) is 7.31. The van der Waals surface area contributed by atoms with Crippen molar-refractivity contribution in [1.82, 2.24) is 20.1 Å². The molecule has 1 aliphatic heterocycles. The molecule has 5 rings (SSSR count). The first-order valence-corrected chi connectivity index (χ1v) is 12.7. The Labute approximate surface area is 209 Å². The third-order valence-electron chi connectivity index (χ3n) is 6.06. The van der Waals surface area contributed by atoms with Crippen molar-refractivity contribution in [2.75, 3.05) is 37.6 Å². The third-order valence-corrected chi connectivity index (χ3v) is 6.94. The van der Waals surface area contributed by atoms with Crippen molar-refractivity contribution in [2.24, 2.45) is 5.10 Å². The van der Waals surface area contributed by atoms with Crippen molar-refractivity contribution in [3.63, 3.8) is 0 Å². The van der Waals surface area contributed by atoms with Gasteiger partial charge >= 0.3 is 0 Å². The number of benzene rings is 2. The maximum absolute atomic E-state index is 12.4. The molecule has 0 radical (unpaired) electrons. The van der Waals surface area contributed by atoms with E-state index in [1.807, 2.05) is 64.8 Å². The van der Waals surface area contributed by atoms with Crippen molar-refractivity contribution in [3.8, 4) is 16.3 Å². The number of hydrogen-bond donors (Lipinski definition) is 1. The summed E-state index contributed by atoms with van der Waals surface area (Å²) in [6.45, 7) is 4.58. The lowest BCUT2D eigenvalue weighted by atomic mass is 10.2. The van der Waals surface area contributed by atoms with Crippen molar-refractivity contribution in [2.45, 2.75) is 6.42 Å². The van der Waals surface area contributed by atoms with E-state index in [1.165, 1.54) is 5.69 Å². The number of rotatable bonds is 8. The van der Waals surface area contributed by atoms with E-state index >= 15 is 0 Å². The Bertz CT molecular complexity index is 1250. The summed E-state index contributed by atoms with van der Waals surface area (Å²) in [6, 6.07) is 24.5.